The fourth-order valence-electron chi connectivity index (χ4n) is 2.81. The van der Waals surface area contributed by atoms with E-state index in [0.29, 0.717) is 19.4 Å². The van der Waals surface area contributed by atoms with Gasteiger partial charge in [-0.05, 0) is 41.3 Å². The zero-order valence-corrected chi connectivity index (χ0v) is 13.6. The maximum Gasteiger partial charge on any atom is 0.228 e. The van der Waals surface area contributed by atoms with Gasteiger partial charge in [0, 0.05) is 12.2 Å². The minimum absolute atomic E-state index is 0.00453. The number of nitrogens with one attached hydrogen (secondary N) is 2. The summed E-state index contributed by atoms with van der Waals surface area (Å²) in [6.07, 6.45) is 1.46. The molecule has 0 fully saturated rings. The van der Waals surface area contributed by atoms with Gasteiger partial charge >= 0.3 is 0 Å². The molecule has 24 heavy (non-hydrogen) atoms. The van der Waals surface area contributed by atoms with Crippen LogP contribution in [-0.4, -0.2) is 25.5 Å². The first kappa shape index (κ1) is 16.1. The van der Waals surface area contributed by atoms with Crippen molar-refractivity contribution in [3.05, 3.63) is 59.2 Å². The van der Waals surface area contributed by atoms with Gasteiger partial charge in [-0.25, -0.2) is 0 Å². The van der Waals surface area contributed by atoms with Gasteiger partial charge in [0.2, 0.25) is 11.8 Å². The molecule has 2 aromatic carbocycles. The summed E-state index contributed by atoms with van der Waals surface area (Å²) in [6.45, 7) is 0.580. The Morgan fingerprint density at radius 3 is 2.92 bits per heavy atom. The molecule has 0 aliphatic carbocycles. The number of methoxy groups -OCH3 is 1. The molecule has 2 N–H and O–H groups in total. The van der Waals surface area contributed by atoms with Crippen molar-refractivity contribution in [1.82, 2.24) is 5.32 Å². The van der Waals surface area contributed by atoms with Gasteiger partial charge in [-0.3, -0.25) is 9.59 Å². The van der Waals surface area contributed by atoms with Crippen molar-refractivity contribution in [2.75, 3.05) is 19.0 Å². The zero-order chi connectivity index (χ0) is 16.9. The molecule has 0 saturated carbocycles. The van der Waals surface area contributed by atoms with Crippen molar-refractivity contribution in [3.63, 3.8) is 0 Å². The second-order valence-electron chi connectivity index (χ2n) is 5.84. The standard InChI is InChI=1S/C19H20N2O3/c1-24-16-4-2-3-13(10-16)7-8-20-18(22)11-14-5-6-17-15(9-14)12-19(23)21-17/h2-6,9-10H,7-8,11-12H2,1H3,(H,20,22)(H,21,23). The van der Waals surface area contributed by atoms with Crippen molar-refractivity contribution in [2.45, 2.75) is 19.3 Å². The first-order valence-electron chi connectivity index (χ1n) is 7.95. The Labute approximate surface area is 141 Å². The molecule has 124 valence electrons. The molecule has 5 heteroatoms. The van der Waals surface area contributed by atoms with Gasteiger partial charge in [0.15, 0.2) is 0 Å². The summed E-state index contributed by atoms with van der Waals surface area (Å²) in [6, 6.07) is 13.5. The van der Waals surface area contributed by atoms with Crippen molar-refractivity contribution in [3.8, 4) is 5.75 Å². The average molecular weight is 324 g/mol. The normalized spacial score (nSPS) is 12.5. The first-order valence-corrected chi connectivity index (χ1v) is 7.95. The van der Waals surface area contributed by atoms with Crippen LogP contribution in [0.25, 0.3) is 0 Å². The summed E-state index contributed by atoms with van der Waals surface area (Å²) in [4.78, 5) is 23.4. The molecular weight excluding hydrogens is 304 g/mol. The Bertz CT molecular complexity index is 771. The van der Waals surface area contributed by atoms with Crippen LogP contribution in [0.3, 0.4) is 0 Å². The number of benzene rings is 2. The SMILES string of the molecule is COc1cccc(CCNC(=O)Cc2ccc3c(c2)CC(=O)N3)c1. The minimum atomic E-state index is -0.0184. The van der Waals surface area contributed by atoms with Crippen molar-refractivity contribution >= 4 is 17.5 Å². The molecule has 1 aliphatic rings. The molecule has 0 saturated heterocycles. The van der Waals surface area contributed by atoms with Crippen LogP contribution in [-0.2, 0) is 28.9 Å². The lowest BCUT2D eigenvalue weighted by Gasteiger charge is -2.08. The summed E-state index contributed by atoms with van der Waals surface area (Å²) in [5.74, 6) is 0.806. The molecule has 1 aliphatic heterocycles. The molecule has 0 unspecified atom stereocenters. The van der Waals surface area contributed by atoms with Gasteiger partial charge in [0.05, 0.1) is 20.0 Å². The van der Waals surface area contributed by atoms with E-state index in [1.807, 2.05) is 42.5 Å². The molecule has 5 nitrogen and oxygen atoms in total. The van der Waals surface area contributed by atoms with Crippen LogP contribution in [0.5, 0.6) is 5.75 Å². The number of carbonyl (C=O) groups is 2. The molecule has 1 heterocycles. The van der Waals surface area contributed by atoms with E-state index < -0.39 is 0 Å². The Morgan fingerprint density at radius 1 is 1.21 bits per heavy atom. The highest BCUT2D eigenvalue weighted by Gasteiger charge is 2.17. The molecule has 0 spiro atoms. The van der Waals surface area contributed by atoms with E-state index in [0.717, 1.165) is 34.5 Å². The smallest absolute Gasteiger partial charge is 0.228 e. The highest BCUT2D eigenvalue weighted by Crippen LogP contribution is 2.24. The summed E-state index contributed by atoms with van der Waals surface area (Å²) in [5, 5.41) is 5.72. The van der Waals surface area contributed by atoms with Crippen LogP contribution in [0.1, 0.15) is 16.7 Å². The van der Waals surface area contributed by atoms with Crippen molar-refractivity contribution in [2.24, 2.45) is 0 Å². The zero-order valence-electron chi connectivity index (χ0n) is 13.6. The number of ether oxygens (including phenoxy) is 1. The lowest BCUT2D eigenvalue weighted by Crippen LogP contribution is -2.27. The molecule has 0 bridgehead atoms. The number of anilines is 1. The minimum Gasteiger partial charge on any atom is -0.497 e. The average Bonchev–Trinajstić information content (AvgIpc) is 2.94. The molecule has 0 radical (unpaired) electrons. The molecule has 0 aromatic heterocycles. The van der Waals surface area contributed by atoms with E-state index >= 15 is 0 Å². The van der Waals surface area contributed by atoms with Crippen LogP contribution in [0, 0.1) is 0 Å². The van der Waals surface area contributed by atoms with Gasteiger partial charge in [-0.2, -0.15) is 0 Å². The molecule has 3 rings (SSSR count). The van der Waals surface area contributed by atoms with Crippen LogP contribution in [0.4, 0.5) is 5.69 Å². The lowest BCUT2D eigenvalue weighted by molar-refractivity contribution is -0.120. The predicted octanol–water partition coefficient (Wildman–Crippen LogP) is 2.09. The summed E-state index contributed by atoms with van der Waals surface area (Å²) in [7, 11) is 1.64. The number of carbonyl (C=O) groups excluding carboxylic acids is 2. The summed E-state index contributed by atoms with van der Waals surface area (Å²) in [5.41, 5.74) is 3.85. The van der Waals surface area contributed by atoms with Crippen LogP contribution >= 0.6 is 0 Å². The largest absolute Gasteiger partial charge is 0.497 e. The van der Waals surface area contributed by atoms with E-state index in [1.54, 1.807) is 7.11 Å². The van der Waals surface area contributed by atoms with E-state index in [2.05, 4.69) is 10.6 Å². The lowest BCUT2D eigenvalue weighted by atomic mass is 10.1. The monoisotopic (exact) mass is 324 g/mol. The maximum atomic E-state index is 12.1. The Kier molecular flexibility index (Phi) is 4.79. The molecular formula is C19H20N2O3. The number of hydrogen-bond acceptors (Lipinski definition) is 3. The molecule has 0 atom stereocenters. The fraction of sp³-hybridized carbons (Fsp3) is 0.263. The molecule has 2 amide bonds. The van der Waals surface area contributed by atoms with Crippen LogP contribution < -0.4 is 15.4 Å². The number of fused-ring (bicyclic) bond motifs is 1. The topological polar surface area (TPSA) is 67.4 Å². The van der Waals surface area contributed by atoms with Gasteiger partial charge < -0.3 is 15.4 Å². The van der Waals surface area contributed by atoms with Gasteiger partial charge in [-0.1, -0.05) is 24.3 Å². The van der Waals surface area contributed by atoms with Crippen molar-refractivity contribution in [1.29, 1.82) is 0 Å². The van der Waals surface area contributed by atoms with Gasteiger partial charge in [0.1, 0.15) is 5.75 Å². The quantitative estimate of drug-likeness (QED) is 0.855. The van der Waals surface area contributed by atoms with E-state index in [1.165, 1.54) is 0 Å². The van der Waals surface area contributed by atoms with Gasteiger partial charge in [-0.15, -0.1) is 0 Å². The number of hydrogen-bond donors (Lipinski definition) is 2. The van der Waals surface area contributed by atoms with E-state index in [-0.39, 0.29) is 11.8 Å². The highest BCUT2D eigenvalue weighted by molar-refractivity contribution is 5.99. The summed E-state index contributed by atoms with van der Waals surface area (Å²) < 4.78 is 5.19. The van der Waals surface area contributed by atoms with E-state index in [4.69, 9.17) is 4.74 Å². The fourth-order valence-corrected chi connectivity index (χ4v) is 2.81. The third-order valence-electron chi connectivity index (χ3n) is 4.03. The van der Waals surface area contributed by atoms with E-state index in [9.17, 15) is 9.59 Å². The molecule has 2 aromatic rings. The third kappa shape index (κ3) is 3.93. The van der Waals surface area contributed by atoms with Crippen molar-refractivity contribution < 1.29 is 14.3 Å². The predicted molar refractivity (Wildman–Crippen MR) is 92.2 cm³/mol. The number of amides is 2. The second kappa shape index (κ2) is 7.17. The number of rotatable bonds is 6. The Morgan fingerprint density at radius 2 is 2.08 bits per heavy atom. The summed E-state index contributed by atoms with van der Waals surface area (Å²) >= 11 is 0. The van der Waals surface area contributed by atoms with Crippen LogP contribution in [0.2, 0.25) is 0 Å². The van der Waals surface area contributed by atoms with Crippen LogP contribution in [0.15, 0.2) is 42.5 Å². The van der Waals surface area contributed by atoms with Gasteiger partial charge in [0.25, 0.3) is 0 Å². The Balaban J connectivity index is 1.49. The first-order chi connectivity index (χ1) is 11.6. The third-order valence-corrected chi connectivity index (χ3v) is 4.03. The highest BCUT2D eigenvalue weighted by atomic mass is 16.5. The maximum absolute atomic E-state index is 12.1. The second-order valence-corrected chi connectivity index (χ2v) is 5.84. The Hall–Kier alpha value is -2.82.